The number of aliphatic hydroxyl groups is 1. The summed E-state index contributed by atoms with van der Waals surface area (Å²) in [6, 6.07) is 6.60. The van der Waals surface area contributed by atoms with Crippen molar-refractivity contribution in [1.29, 1.82) is 0 Å². The van der Waals surface area contributed by atoms with E-state index in [1.807, 2.05) is 0 Å². The maximum atomic E-state index is 12.5. The molecule has 0 amide bonds. The van der Waals surface area contributed by atoms with Crippen molar-refractivity contribution in [3.63, 3.8) is 0 Å². The minimum atomic E-state index is -3.43. The largest absolute Gasteiger partial charge is 0.494 e. The molecule has 1 aliphatic carbocycles. The molecule has 0 radical (unpaired) electrons. The number of sulfonamides is 1. The molecule has 1 fully saturated rings. The molecule has 1 N–H and O–H groups in total. The van der Waals surface area contributed by atoms with E-state index in [1.165, 1.54) is 4.31 Å². The number of hydrogen-bond acceptors (Lipinski definition) is 4. The molecular formula is C15H23NO4S. The van der Waals surface area contributed by atoms with Gasteiger partial charge in [0, 0.05) is 26.1 Å². The second-order valence-electron chi connectivity index (χ2n) is 5.36. The summed E-state index contributed by atoms with van der Waals surface area (Å²) in [6.07, 6.45) is 4.64. The highest BCUT2D eigenvalue weighted by molar-refractivity contribution is 7.89. The zero-order chi connectivity index (χ0) is 15.3. The van der Waals surface area contributed by atoms with E-state index in [9.17, 15) is 8.42 Å². The lowest BCUT2D eigenvalue weighted by Gasteiger charge is -2.23. The first-order chi connectivity index (χ1) is 10.1. The van der Waals surface area contributed by atoms with Gasteiger partial charge in [-0.15, -0.1) is 0 Å². The molecule has 0 bridgehead atoms. The van der Waals surface area contributed by atoms with E-state index in [2.05, 4.69) is 0 Å². The fourth-order valence-electron chi connectivity index (χ4n) is 2.59. The molecule has 1 saturated carbocycles. The molecule has 0 atom stereocenters. The fraction of sp³-hybridized carbons (Fsp3) is 0.600. The van der Waals surface area contributed by atoms with Crippen LogP contribution in [0.25, 0.3) is 0 Å². The molecule has 6 heteroatoms. The molecule has 0 spiro atoms. The van der Waals surface area contributed by atoms with Crippen LogP contribution in [0, 0.1) is 0 Å². The van der Waals surface area contributed by atoms with Crippen molar-refractivity contribution in [3.8, 4) is 5.75 Å². The van der Waals surface area contributed by atoms with Crippen LogP contribution in [0.4, 0.5) is 0 Å². The Labute approximate surface area is 126 Å². The summed E-state index contributed by atoms with van der Waals surface area (Å²) in [6.45, 7) is 0.503. The van der Waals surface area contributed by atoms with E-state index in [1.54, 1.807) is 31.3 Å². The van der Waals surface area contributed by atoms with E-state index < -0.39 is 10.0 Å². The van der Waals surface area contributed by atoms with Crippen LogP contribution in [-0.4, -0.2) is 44.1 Å². The monoisotopic (exact) mass is 313 g/mol. The van der Waals surface area contributed by atoms with E-state index in [0.717, 1.165) is 25.7 Å². The van der Waals surface area contributed by atoms with Gasteiger partial charge in [-0.25, -0.2) is 8.42 Å². The van der Waals surface area contributed by atoms with E-state index in [0.29, 0.717) is 23.7 Å². The Kier molecular flexibility index (Phi) is 5.61. The number of aliphatic hydroxyl groups excluding tert-OH is 1. The Bertz CT molecular complexity index is 535. The Hall–Kier alpha value is -1.11. The summed E-state index contributed by atoms with van der Waals surface area (Å²) in [5.74, 6) is 0.617. The Balaban J connectivity index is 2.05. The average molecular weight is 313 g/mol. The van der Waals surface area contributed by atoms with E-state index in [-0.39, 0.29) is 12.6 Å². The average Bonchev–Trinajstić information content (AvgIpc) is 3.01. The van der Waals surface area contributed by atoms with Gasteiger partial charge in [-0.05, 0) is 37.1 Å². The molecule has 1 aromatic carbocycles. The van der Waals surface area contributed by atoms with Gasteiger partial charge in [-0.1, -0.05) is 12.8 Å². The lowest BCUT2D eigenvalue weighted by Crippen LogP contribution is -2.35. The smallest absolute Gasteiger partial charge is 0.243 e. The van der Waals surface area contributed by atoms with Gasteiger partial charge in [-0.3, -0.25) is 0 Å². The Morgan fingerprint density at radius 2 is 1.86 bits per heavy atom. The van der Waals surface area contributed by atoms with Gasteiger partial charge in [0.2, 0.25) is 10.0 Å². The van der Waals surface area contributed by atoms with Crippen molar-refractivity contribution < 1.29 is 18.3 Å². The molecule has 0 aromatic heterocycles. The zero-order valence-electron chi connectivity index (χ0n) is 12.4. The number of rotatable bonds is 7. The number of benzene rings is 1. The van der Waals surface area contributed by atoms with Crippen LogP contribution in [0.1, 0.15) is 32.1 Å². The summed E-state index contributed by atoms with van der Waals surface area (Å²) in [7, 11) is -1.76. The standard InChI is InChI=1S/C15H23NO4S/c1-16(13-5-2-3-6-13)21(18,19)15-9-7-14(8-10-15)20-12-4-11-17/h7-10,13,17H,2-6,11-12H2,1H3. The van der Waals surface area contributed by atoms with Crippen LogP contribution in [0.2, 0.25) is 0 Å². The van der Waals surface area contributed by atoms with Crippen molar-refractivity contribution in [2.24, 2.45) is 0 Å². The van der Waals surface area contributed by atoms with E-state index >= 15 is 0 Å². The Morgan fingerprint density at radius 3 is 2.43 bits per heavy atom. The molecule has 0 saturated heterocycles. The first kappa shape index (κ1) is 16.3. The van der Waals surface area contributed by atoms with Crippen LogP contribution in [0.15, 0.2) is 29.2 Å². The molecule has 1 aromatic rings. The fourth-order valence-corrected chi connectivity index (χ4v) is 4.01. The second-order valence-corrected chi connectivity index (χ2v) is 7.35. The lowest BCUT2D eigenvalue weighted by molar-refractivity contribution is 0.233. The topological polar surface area (TPSA) is 66.8 Å². The molecule has 118 valence electrons. The minimum absolute atomic E-state index is 0.0820. The number of nitrogens with zero attached hydrogens (tertiary/aromatic N) is 1. The molecule has 2 rings (SSSR count). The maximum absolute atomic E-state index is 12.5. The third-order valence-electron chi connectivity index (χ3n) is 3.91. The molecule has 0 unspecified atom stereocenters. The van der Waals surface area contributed by atoms with Crippen LogP contribution in [0.5, 0.6) is 5.75 Å². The van der Waals surface area contributed by atoms with Crippen molar-refractivity contribution in [1.82, 2.24) is 4.31 Å². The number of ether oxygens (including phenoxy) is 1. The number of hydrogen-bond donors (Lipinski definition) is 1. The highest BCUT2D eigenvalue weighted by Crippen LogP contribution is 2.27. The molecule has 1 aliphatic rings. The van der Waals surface area contributed by atoms with Crippen LogP contribution in [-0.2, 0) is 10.0 Å². The van der Waals surface area contributed by atoms with Crippen LogP contribution < -0.4 is 4.74 Å². The van der Waals surface area contributed by atoms with Crippen molar-refractivity contribution >= 4 is 10.0 Å². The van der Waals surface area contributed by atoms with Crippen molar-refractivity contribution in [2.75, 3.05) is 20.3 Å². The predicted molar refractivity (Wildman–Crippen MR) is 80.8 cm³/mol. The zero-order valence-corrected chi connectivity index (χ0v) is 13.2. The third-order valence-corrected chi connectivity index (χ3v) is 5.84. The first-order valence-electron chi connectivity index (χ1n) is 7.37. The Morgan fingerprint density at radius 1 is 1.24 bits per heavy atom. The molecule has 0 heterocycles. The van der Waals surface area contributed by atoms with Gasteiger partial charge in [0.15, 0.2) is 0 Å². The van der Waals surface area contributed by atoms with Gasteiger partial charge in [0.25, 0.3) is 0 Å². The van der Waals surface area contributed by atoms with Gasteiger partial charge >= 0.3 is 0 Å². The second kappa shape index (κ2) is 7.24. The molecule has 21 heavy (non-hydrogen) atoms. The quantitative estimate of drug-likeness (QED) is 0.782. The van der Waals surface area contributed by atoms with Gasteiger partial charge < -0.3 is 9.84 Å². The molecule has 5 nitrogen and oxygen atoms in total. The van der Waals surface area contributed by atoms with Gasteiger partial charge in [0.1, 0.15) is 5.75 Å². The first-order valence-corrected chi connectivity index (χ1v) is 8.81. The van der Waals surface area contributed by atoms with Gasteiger partial charge in [-0.2, -0.15) is 4.31 Å². The SMILES string of the molecule is CN(C1CCCC1)S(=O)(=O)c1ccc(OCCCO)cc1. The van der Waals surface area contributed by atoms with Crippen LogP contribution in [0.3, 0.4) is 0 Å². The minimum Gasteiger partial charge on any atom is -0.494 e. The van der Waals surface area contributed by atoms with Crippen LogP contribution >= 0.6 is 0 Å². The van der Waals surface area contributed by atoms with Crippen molar-refractivity contribution in [2.45, 2.75) is 43.0 Å². The van der Waals surface area contributed by atoms with Crippen molar-refractivity contribution in [3.05, 3.63) is 24.3 Å². The summed E-state index contributed by atoms with van der Waals surface area (Å²) >= 11 is 0. The summed E-state index contributed by atoms with van der Waals surface area (Å²) < 4.78 is 32.0. The van der Waals surface area contributed by atoms with E-state index in [4.69, 9.17) is 9.84 Å². The lowest BCUT2D eigenvalue weighted by atomic mass is 10.3. The summed E-state index contributed by atoms with van der Waals surface area (Å²) in [4.78, 5) is 0.298. The highest BCUT2D eigenvalue weighted by Gasteiger charge is 2.29. The molecule has 0 aliphatic heterocycles. The molecular weight excluding hydrogens is 290 g/mol. The maximum Gasteiger partial charge on any atom is 0.243 e. The van der Waals surface area contributed by atoms with Gasteiger partial charge in [0.05, 0.1) is 11.5 Å². The normalized spacial score (nSPS) is 16.5. The third kappa shape index (κ3) is 3.96. The summed E-state index contributed by atoms with van der Waals surface area (Å²) in [5, 5.41) is 8.70. The predicted octanol–water partition coefficient (Wildman–Crippen LogP) is 2.01. The summed E-state index contributed by atoms with van der Waals surface area (Å²) in [5.41, 5.74) is 0. The highest BCUT2D eigenvalue weighted by atomic mass is 32.2.